The molecule has 4 heteroatoms. The maximum atomic E-state index is 9.21. The summed E-state index contributed by atoms with van der Waals surface area (Å²) in [5.41, 5.74) is 1.17. The van der Waals surface area contributed by atoms with Gasteiger partial charge in [0.2, 0.25) is 0 Å². The minimum Gasteiger partial charge on any atom is -0.508 e. The Morgan fingerprint density at radius 1 is 1.35 bits per heavy atom. The van der Waals surface area contributed by atoms with E-state index in [1.165, 1.54) is 5.56 Å². The molecule has 0 saturated heterocycles. The Morgan fingerprint density at radius 2 is 2.12 bits per heavy atom. The van der Waals surface area contributed by atoms with Gasteiger partial charge < -0.3 is 15.0 Å². The first-order valence-electron chi connectivity index (χ1n) is 5.74. The summed E-state index contributed by atoms with van der Waals surface area (Å²) in [6, 6.07) is 7.57. The maximum absolute atomic E-state index is 9.21. The zero-order chi connectivity index (χ0) is 12.1. The molecule has 0 aliphatic heterocycles. The summed E-state index contributed by atoms with van der Waals surface area (Å²) >= 11 is 0. The average molecular weight is 231 g/mol. The van der Waals surface area contributed by atoms with Crippen LogP contribution in [0.1, 0.15) is 18.5 Å². The van der Waals surface area contributed by atoms with Gasteiger partial charge >= 0.3 is 0 Å². The molecule has 0 spiro atoms. The van der Waals surface area contributed by atoms with Crippen LogP contribution in [0.5, 0.6) is 5.75 Å². The van der Waals surface area contributed by atoms with Crippen LogP contribution >= 0.6 is 0 Å². The summed E-state index contributed by atoms with van der Waals surface area (Å²) in [6.45, 7) is 3.90. The lowest BCUT2D eigenvalue weighted by molar-refractivity contribution is 0.474. The van der Waals surface area contributed by atoms with Gasteiger partial charge in [0.1, 0.15) is 5.75 Å². The highest BCUT2D eigenvalue weighted by atomic mass is 16.3. The lowest BCUT2D eigenvalue weighted by Gasteiger charge is -2.14. The number of aromatic nitrogens is 2. The Bertz CT molecular complexity index is 436. The van der Waals surface area contributed by atoms with E-state index in [4.69, 9.17) is 0 Å². The average Bonchev–Trinajstić information content (AvgIpc) is 2.83. The summed E-state index contributed by atoms with van der Waals surface area (Å²) in [6.07, 6.45) is 5.54. The van der Waals surface area contributed by atoms with Gasteiger partial charge in [0.25, 0.3) is 0 Å². The highest BCUT2D eigenvalue weighted by Gasteiger charge is 2.03. The van der Waals surface area contributed by atoms with Crippen molar-refractivity contribution in [2.24, 2.45) is 0 Å². The smallest absolute Gasteiger partial charge is 0.115 e. The van der Waals surface area contributed by atoms with Crippen LogP contribution in [0.4, 0.5) is 0 Å². The van der Waals surface area contributed by atoms with Crippen molar-refractivity contribution in [2.75, 3.05) is 6.54 Å². The Kier molecular flexibility index (Phi) is 3.77. The third-order valence-corrected chi connectivity index (χ3v) is 2.77. The van der Waals surface area contributed by atoms with Crippen LogP contribution in [-0.2, 0) is 6.54 Å². The van der Waals surface area contributed by atoms with Crippen molar-refractivity contribution in [3.05, 3.63) is 48.5 Å². The van der Waals surface area contributed by atoms with Crippen molar-refractivity contribution in [3.63, 3.8) is 0 Å². The van der Waals surface area contributed by atoms with Gasteiger partial charge in [-0.15, -0.1) is 0 Å². The van der Waals surface area contributed by atoms with Crippen LogP contribution in [0.15, 0.2) is 43.0 Å². The number of nitrogens with one attached hydrogen (secondary N) is 1. The largest absolute Gasteiger partial charge is 0.508 e. The van der Waals surface area contributed by atoms with E-state index in [1.807, 2.05) is 29.2 Å². The molecule has 1 unspecified atom stereocenters. The van der Waals surface area contributed by atoms with Gasteiger partial charge in [-0.05, 0) is 24.6 Å². The Morgan fingerprint density at radius 3 is 2.76 bits per heavy atom. The molecule has 0 amide bonds. The monoisotopic (exact) mass is 231 g/mol. The Balaban J connectivity index is 1.81. The third kappa shape index (κ3) is 3.32. The van der Waals surface area contributed by atoms with Crippen molar-refractivity contribution in [1.29, 1.82) is 0 Å². The second-order valence-corrected chi connectivity index (χ2v) is 4.07. The molecule has 0 saturated carbocycles. The van der Waals surface area contributed by atoms with Crippen LogP contribution in [0.2, 0.25) is 0 Å². The molecule has 0 fully saturated rings. The molecule has 0 aliphatic carbocycles. The van der Waals surface area contributed by atoms with E-state index in [-0.39, 0.29) is 6.04 Å². The summed E-state index contributed by atoms with van der Waals surface area (Å²) in [4.78, 5) is 4.00. The molecule has 0 aliphatic rings. The number of hydrogen-bond acceptors (Lipinski definition) is 3. The Labute approximate surface area is 101 Å². The summed E-state index contributed by atoms with van der Waals surface area (Å²) < 4.78 is 2.04. The van der Waals surface area contributed by atoms with E-state index in [0.29, 0.717) is 5.75 Å². The number of rotatable bonds is 5. The first-order valence-corrected chi connectivity index (χ1v) is 5.74. The fourth-order valence-electron chi connectivity index (χ4n) is 1.71. The number of imidazole rings is 1. The van der Waals surface area contributed by atoms with E-state index in [9.17, 15) is 5.11 Å². The van der Waals surface area contributed by atoms with Crippen LogP contribution in [0.3, 0.4) is 0 Å². The lowest BCUT2D eigenvalue weighted by atomic mass is 10.1. The molecule has 1 heterocycles. The molecule has 2 rings (SSSR count). The molecule has 2 N–H and O–H groups in total. The topological polar surface area (TPSA) is 50.1 Å². The molecule has 17 heavy (non-hydrogen) atoms. The SMILES string of the molecule is CC(NCCn1ccnc1)c1ccc(O)cc1. The second kappa shape index (κ2) is 5.50. The zero-order valence-electron chi connectivity index (χ0n) is 9.87. The van der Waals surface area contributed by atoms with E-state index < -0.39 is 0 Å². The normalized spacial score (nSPS) is 12.5. The number of aromatic hydroxyl groups is 1. The van der Waals surface area contributed by atoms with Crippen molar-refractivity contribution >= 4 is 0 Å². The first kappa shape index (κ1) is 11.7. The van der Waals surface area contributed by atoms with Crippen molar-refractivity contribution in [2.45, 2.75) is 19.5 Å². The van der Waals surface area contributed by atoms with Gasteiger partial charge in [-0.1, -0.05) is 12.1 Å². The van der Waals surface area contributed by atoms with Gasteiger partial charge in [-0.25, -0.2) is 4.98 Å². The third-order valence-electron chi connectivity index (χ3n) is 2.77. The molecule has 2 aromatic rings. The van der Waals surface area contributed by atoms with Gasteiger partial charge in [0.05, 0.1) is 6.33 Å². The fourth-order valence-corrected chi connectivity index (χ4v) is 1.71. The number of phenols is 1. The van der Waals surface area contributed by atoms with Gasteiger partial charge in [-0.2, -0.15) is 0 Å². The molecule has 1 atom stereocenters. The molecular weight excluding hydrogens is 214 g/mol. The van der Waals surface area contributed by atoms with Crippen LogP contribution < -0.4 is 5.32 Å². The maximum Gasteiger partial charge on any atom is 0.115 e. The minimum atomic E-state index is 0.277. The number of benzene rings is 1. The van der Waals surface area contributed by atoms with Crippen molar-refractivity contribution in [1.82, 2.24) is 14.9 Å². The lowest BCUT2D eigenvalue weighted by Crippen LogP contribution is -2.22. The summed E-state index contributed by atoms with van der Waals surface area (Å²) in [5.74, 6) is 0.305. The number of phenolic OH excluding ortho intramolecular Hbond substituents is 1. The minimum absolute atomic E-state index is 0.277. The summed E-state index contributed by atoms with van der Waals surface area (Å²) in [7, 11) is 0. The van der Waals surface area contributed by atoms with Crippen molar-refractivity contribution < 1.29 is 5.11 Å². The van der Waals surface area contributed by atoms with Crippen LogP contribution in [-0.4, -0.2) is 21.2 Å². The molecule has 1 aromatic carbocycles. The molecule has 90 valence electrons. The highest BCUT2D eigenvalue weighted by molar-refractivity contribution is 5.27. The predicted octanol–water partition coefficient (Wildman–Crippen LogP) is 1.94. The zero-order valence-corrected chi connectivity index (χ0v) is 9.87. The van der Waals surface area contributed by atoms with Gasteiger partial charge in [-0.3, -0.25) is 0 Å². The van der Waals surface area contributed by atoms with E-state index in [2.05, 4.69) is 17.2 Å². The molecule has 4 nitrogen and oxygen atoms in total. The number of nitrogens with zero attached hydrogens (tertiary/aromatic N) is 2. The molecular formula is C13H17N3O. The van der Waals surface area contributed by atoms with E-state index >= 15 is 0 Å². The van der Waals surface area contributed by atoms with E-state index in [1.54, 1.807) is 18.3 Å². The standard InChI is InChI=1S/C13H17N3O/c1-11(12-2-4-13(17)5-3-12)15-7-9-16-8-6-14-10-16/h2-6,8,10-11,15,17H,7,9H2,1H3. The van der Waals surface area contributed by atoms with E-state index in [0.717, 1.165) is 13.1 Å². The first-order chi connectivity index (χ1) is 8.25. The highest BCUT2D eigenvalue weighted by Crippen LogP contribution is 2.15. The van der Waals surface area contributed by atoms with Crippen LogP contribution in [0, 0.1) is 0 Å². The predicted molar refractivity (Wildman–Crippen MR) is 66.8 cm³/mol. The van der Waals surface area contributed by atoms with Crippen molar-refractivity contribution in [3.8, 4) is 5.75 Å². The van der Waals surface area contributed by atoms with Gasteiger partial charge in [0, 0.05) is 31.5 Å². The summed E-state index contributed by atoms with van der Waals surface area (Å²) in [5, 5.41) is 12.6. The molecule has 0 radical (unpaired) electrons. The number of hydrogen-bond donors (Lipinski definition) is 2. The fraction of sp³-hybridized carbons (Fsp3) is 0.308. The molecule has 0 bridgehead atoms. The quantitative estimate of drug-likeness (QED) is 0.826. The van der Waals surface area contributed by atoms with Gasteiger partial charge in [0.15, 0.2) is 0 Å². The molecule has 1 aromatic heterocycles. The Hall–Kier alpha value is -1.81. The second-order valence-electron chi connectivity index (χ2n) is 4.07. The van der Waals surface area contributed by atoms with Crippen LogP contribution in [0.25, 0.3) is 0 Å².